The highest BCUT2D eigenvalue weighted by atomic mass is 28.3. The van der Waals surface area contributed by atoms with Crippen LogP contribution in [0.25, 0.3) is 0 Å². The van der Waals surface area contributed by atoms with Gasteiger partial charge in [-0.2, -0.15) is 0 Å². The zero-order valence-electron chi connectivity index (χ0n) is 9.54. The third kappa shape index (κ3) is 2.69. The minimum atomic E-state index is -1.18. The van der Waals surface area contributed by atoms with Crippen LogP contribution in [-0.4, -0.2) is 13.2 Å². The van der Waals surface area contributed by atoms with Crippen molar-refractivity contribution in [3.63, 3.8) is 0 Å². The molecule has 1 atom stereocenters. The molecule has 1 N–H and O–H groups in total. The minimum Gasteiger partial charge on any atom is -0.388 e. The lowest BCUT2D eigenvalue weighted by Gasteiger charge is -2.17. The topological polar surface area (TPSA) is 20.2 Å². The van der Waals surface area contributed by atoms with Crippen molar-refractivity contribution in [3.8, 4) is 0 Å². The number of rotatable bonds is 3. The summed E-state index contributed by atoms with van der Waals surface area (Å²) in [4.78, 5) is 0. The molecule has 0 saturated carbocycles. The van der Waals surface area contributed by atoms with Gasteiger partial charge in [-0.05, 0) is 12.0 Å². The number of benzene rings is 1. The lowest BCUT2D eigenvalue weighted by Crippen LogP contribution is -2.37. The molecule has 2 heteroatoms. The maximum absolute atomic E-state index is 9.63. The summed E-state index contributed by atoms with van der Waals surface area (Å²) in [5.41, 5.74) is 1.04. The Hall–Kier alpha value is -0.603. The SMILES string of the molecule is CCC(O)c1ccc([Si](C)(C)C)cc1. The Bertz CT molecular complexity index is 284. The minimum absolute atomic E-state index is 0.300. The molecule has 0 aliphatic heterocycles. The van der Waals surface area contributed by atoms with Crippen molar-refractivity contribution in [1.82, 2.24) is 0 Å². The predicted octanol–water partition coefficient (Wildman–Crippen LogP) is 2.68. The van der Waals surface area contributed by atoms with E-state index in [1.807, 2.05) is 6.92 Å². The Morgan fingerprint density at radius 2 is 1.64 bits per heavy atom. The molecule has 0 saturated heterocycles. The van der Waals surface area contributed by atoms with Crippen LogP contribution >= 0.6 is 0 Å². The summed E-state index contributed by atoms with van der Waals surface area (Å²) in [6.07, 6.45) is 0.484. The summed E-state index contributed by atoms with van der Waals surface area (Å²) in [7, 11) is -1.18. The van der Waals surface area contributed by atoms with Gasteiger partial charge in [0.2, 0.25) is 0 Å². The molecule has 0 bridgehead atoms. The lowest BCUT2D eigenvalue weighted by atomic mass is 10.1. The van der Waals surface area contributed by atoms with Crippen LogP contribution in [-0.2, 0) is 0 Å². The molecular weight excluding hydrogens is 188 g/mol. The highest BCUT2D eigenvalue weighted by Crippen LogP contribution is 2.15. The molecular formula is C12H20OSi. The molecule has 0 amide bonds. The summed E-state index contributed by atoms with van der Waals surface area (Å²) in [6, 6.07) is 8.45. The summed E-state index contributed by atoms with van der Waals surface area (Å²) < 4.78 is 0. The third-order valence-corrected chi connectivity index (χ3v) is 4.61. The van der Waals surface area contributed by atoms with Gasteiger partial charge in [0.25, 0.3) is 0 Å². The predicted molar refractivity (Wildman–Crippen MR) is 64.7 cm³/mol. The average Bonchev–Trinajstić information content (AvgIpc) is 2.15. The van der Waals surface area contributed by atoms with Gasteiger partial charge in [-0.1, -0.05) is 56.0 Å². The van der Waals surface area contributed by atoms with E-state index in [2.05, 4.69) is 43.9 Å². The van der Waals surface area contributed by atoms with E-state index in [9.17, 15) is 5.11 Å². The Balaban J connectivity index is 2.89. The van der Waals surface area contributed by atoms with Crippen LogP contribution in [0.3, 0.4) is 0 Å². The molecule has 1 unspecified atom stereocenters. The smallest absolute Gasteiger partial charge is 0.0787 e. The largest absolute Gasteiger partial charge is 0.388 e. The number of hydrogen-bond donors (Lipinski definition) is 1. The Kier molecular flexibility index (Phi) is 3.51. The molecule has 1 rings (SSSR count). The monoisotopic (exact) mass is 208 g/mol. The van der Waals surface area contributed by atoms with E-state index in [-0.39, 0.29) is 6.10 Å². The molecule has 0 radical (unpaired) electrons. The summed E-state index contributed by atoms with van der Waals surface area (Å²) >= 11 is 0. The molecule has 14 heavy (non-hydrogen) atoms. The number of hydrogen-bond acceptors (Lipinski definition) is 1. The molecule has 0 spiro atoms. The van der Waals surface area contributed by atoms with Crippen LogP contribution in [0.15, 0.2) is 24.3 Å². The first kappa shape index (κ1) is 11.5. The molecule has 0 aromatic heterocycles. The van der Waals surface area contributed by atoms with Gasteiger partial charge in [0.1, 0.15) is 0 Å². The number of aliphatic hydroxyl groups excluding tert-OH is 1. The summed E-state index contributed by atoms with van der Waals surface area (Å²) in [5.74, 6) is 0. The van der Waals surface area contributed by atoms with Crippen molar-refractivity contribution in [2.24, 2.45) is 0 Å². The maximum Gasteiger partial charge on any atom is 0.0787 e. The van der Waals surface area contributed by atoms with Crippen LogP contribution in [0.4, 0.5) is 0 Å². The van der Waals surface area contributed by atoms with Gasteiger partial charge in [0.05, 0.1) is 14.2 Å². The van der Waals surface area contributed by atoms with Crippen LogP contribution in [0.1, 0.15) is 25.0 Å². The second-order valence-electron chi connectivity index (χ2n) is 4.80. The molecule has 0 aliphatic rings. The van der Waals surface area contributed by atoms with E-state index in [1.165, 1.54) is 5.19 Å². The molecule has 0 heterocycles. The van der Waals surface area contributed by atoms with Crippen molar-refractivity contribution in [2.75, 3.05) is 0 Å². The fourth-order valence-electron chi connectivity index (χ4n) is 1.44. The van der Waals surface area contributed by atoms with E-state index < -0.39 is 8.07 Å². The summed E-state index contributed by atoms with van der Waals surface area (Å²) in [6.45, 7) is 8.99. The van der Waals surface area contributed by atoms with Gasteiger partial charge in [0, 0.05) is 0 Å². The lowest BCUT2D eigenvalue weighted by molar-refractivity contribution is 0.173. The first-order chi connectivity index (χ1) is 6.45. The Morgan fingerprint density at radius 1 is 1.14 bits per heavy atom. The van der Waals surface area contributed by atoms with Crippen LogP contribution in [0.5, 0.6) is 0 Å². The van der Waals surface area contributed by atoms with E-state index >= 15 is 0 Å². The second-order valence-corrected chi connectivity index (χ2v) is 9.87. The summed E-state index contributed by atoms with van der Waals surface area (Å²) in [5, 5.41) is 11.1. The quantitative estimate of drug-likeness (QED) is 0.757. The first-order valence-corrected chi connectivity index (χ1v) is 8.73. The van der Waals surface area contributed by atoms with Crippen molar-refractivity contribution >= 4 is 13.3 Å². The van der Waals surface area contributed by atoms with E-state index in [0.717, 1.165) is 12.0 Å². The molecule has 1 nitrogen and oxygen atoms in total. The van der Waals surface area contributed by atoms with E-state index in [4.69, 9.17) is 0 Å². The van der Waals surface area contributed by atoms with Crippen molar-refractivity contribution in [2.45, 2.75) is 39.1 Å². The van der Waals surface area contributed by atoms with Crippen molar-refractivity contribution in [1.29, 1.82) is 0 Å². The second kappa shape index (κ2) is 4.28. The molecule has 78 valence electrons. The van der Waals surface area contributed by atoms with E-state index in [1.54, 1.807) is 0 Å². The average molecular weight is 208 g/mol. The third-order valence-electron chi connectivity index (χ3n) is 2.55. The van der Waals surface area contributed by atoms with Gasteiger partial charge in [-0.3, -0.25) is 0 Å². The Morgan fingerprint density at radius 3 is 2.00 bits per heavy atom. The van der Waals surface area contributed by atoms with Gasteiger partial charge in [-0.25, -0.2) is 0 Å². The highest BCUT2D eigenvalue weighted by molar-refractivity contribution is 6.88. The molecule has 0 aliphatic carbocycles. The number of aliphatic hydroxyl groups is 1. The zero-order chi connectivity index (χ0) is 10.8. The molecule has 0 fully saturated rings. The Labute approximate surface area is 87.8 Å². The highest BCUT2D eigenvalue weighted by Gasteiger charge is 2.16. The van der Waals surface area contributed by atoms with Crippen molar-refractivity contribution in [3.05, 3.63) is 29.8 Å². The van der Waals surface area contributed by atoms with Crippen LogP contribution in [0, 0.1) is 0 Å². The fourth-order valence-corrected chi connectivity index (χ4v) is 2.61. The molecule has 1 aromatic rings. The standard InChI is InChI=1S/C12H20OSi/c1-5-12(13)10-6-8-11(9-7-10)14(2,3)4/h6-9,12-13H,5H2,1-4H3. The fraction of sp³-hybridized carbons (Fsp3) is 0.500. The van der Waals surface area contributed by atoms with Gasteiger partial charge in [0.15, 0.2) is 0 Å². The van der Waals surface area contributed by atoms with Gasteiger partial charge in [-0.15, -0.1) is 0 Å². The van der Waals surface area contributed by atoms with Crippen molar-refractivity contribution < 1.29 is 5.11 Å². The zero-order valence-corrected chi connectivity index (χ0v) is 10.5. The maximum atomic E-state index is 9.63. The van der Waals surface area contributed by atoms with Gasteiger partial charge < -0.3 is 5.11 Å². The van der Waals surface area contributed by atoms with E-state index in [0.29, 0.717) is 0 Å². The normalized spacial score (nSPS) is 14.1. The first-order valence-electron chi connectivity index (χ1n) is 5.23. The van der Waals surface area contributed by atoms with Gasteiger partial charge >= 0.3 is 0 Å². The molecule has 1 aromatic carbocycles. The van der Waals surface area contributed by atoms with Crippen LogP contribution < -0.4 is 5.19 Å². The van der Waals surface area contributed by atoms with Crippen LogP contribution in [0.2, 0.25) is 19.6 Å².